The summed E-state index contributed by atoms with van der Waals surface area (Å²) in [6.07, 6.45) is 0. The summed E-state index contributed by atoms with van der Waals surface area (Å²) in [6, 6.07) is 10.8. The van der Waals surface area contributed by atoms with Crippen LogP contribution in [-0.4, -0.2) is 19.1 Å². The predicted octanol–water partition coefficient (Wildman–Crippen LogP) is 3.90. The van der Waals surface area contributed by atoms with E-state index in [1.165, 1.54) is 18.2 Å². The first kappa shape index (κ1) is 16.1. The molecule has 2 rings (SSSR count). The van der Waals surface area contributed by atoms with Crippen LogP contribution in [0.3, 0.4) is 0 Å². The van der Waals surface area contributed by atoms with E-state index in [1.807, 2.05) is 6.92 Å². The van der Waals surface area contributed by atoms with E-state index >= 15 is 0 Å². The molecule has 0 heterocycles. The van der Waals surface area contributed by atoms with Crippen molar-refractivity contribution in [2.24, 2.45) is 0 Å². The number of amides is 1. The van der Waals surface area contributed by atoms with Gasteiger partial charge in [0.2, 0.25) is 0 Å². The van der Waals surface area contributed by atoms with Gasteiger partial charge in [0.25, 0.3) is 5.91 Å². The predicted molar refractivity (Wildman–Crippen MR) is 83.1 cm³/mol. The van der Waals surface area contributed by atoms with Gasteiger partial charge in [-0.2, -0.15) is 0 Å². The van der Waals surface area contributed by atoms with Gasteiger partial charge in [-0.3, -0.25) is 4.79 Å². The second kappa shape index (κ2) is 7.66. The van der Waals surface area contributed by atoms with Crippen LogP contribution < -0.4 is 14.8 Å². The van der Waals surface area contributed by atoms with Gasteiger partial charge < -0.3 is 14.8 Å². The lowest BCUT2D eigenvalue weighted by atomic mass is 10.3. The van der Waals surface area contributed by atoms with E-state index in [0.29, 0.717) is 17.4 Å². The molecule has 1 amide bonds. The zero-order valence-corrected chi connectivity index (χ0v) is 12.7. The van der Waals surface area contributed by atoms with Crippen LogP contribution in [0.4, 0.5) is 10.1 Å². The Balaban J connectivity index is 1.88. The van der Waals surface area contributed by atoms with Crippen molar-refractivity contribution in [1.29, 1.82) is 0 Å². The van der Waals surface area contributed by atoms with Crippen molar-refractivity contribution < 1.29 is 18.7 Å². The molecule has 0 unspecified atom stereocenters. The Labute approximate surface area is 132 Å². The molecule has 6 heteroatoms. The van der Waals surface area contributed by atoms with Gasteiger partial charge >= 0.3 is 0 Å². The molecule has 0 aliphatic heterocycles. The molecule has 0 radical (unpaired) electrons. The fraction of sp³-hybridized carbons (Fsp3) is 0.188. The summed E-state index contributed by atoms with van der Waals surface area (Å²) >= 11 is 5.75. The van der Waals surface area contributed by atoms with Crippen molar-refractivity contribution in [2.45, 2.75) is 6.92 Å². The number of ether oxygens (including phenoxy) is 2. The highest BCUT2D eigenvalue weighted by atomic mass is 35.5. The van der Waals surface area contributed by atoms with Crippen molar-refractivity contribution in [1.82, 2.24) is 0 Å². The minimum atomic E-state index is -0.557. The summed E-state index contributed by atoms with van der Waals surface area (Å²) < 4.78 is 24.1. The molecule has 4 nitrogen and oxygen atoms in total. The topological polar surface area (TPSA) is 47.6 Å². The van der Waals surface area contributed by atoms with Gasteiger partial charge in [0.05, 0.1) is 12.3 Å². The molecule has 2 aromatic rings. The Morgan fingerprint density at radius 3 is 2.41 bits per heavy atom. The summed E-state index contributed by atoms with van der Waals surface area (Å²) in [7, 11) is 0. The van der Waals surface area contributed by atoms with Gasteiger partial charge in [-0.05, 0) is 49.4 Å². The van der Waals surface area contributed by atoms with E-state index in [9.17, 15) is 9.18 Å². The minimum absolute atomic E-state index is 0.0211. The van der Waals surface area contributed by atoms with Crippen LogP contribution in [0.5, 0.6) is 11.5 Å². The molecule has 0 atom stereocenters. The Hall–Kier alpha value is -2.27. The third kappa shape index (κ3) is 4.63. The van der Waals surface area contributed by atoms with E-state index in [-0.39, 0.29) is 12.3 Å². The number of carbonyl (C=O) groups is 1. The van der Waals surface area contributed by atoms with Crippen LogP contribution in [0.15, 0.2) is 42.5 Å². The van der Waals surface area contributed by atoms with Crippen molar-refractivity contribution in [3.8, 4) is 11.5 Å². The highest BCUT2D eigenvalue weighted by molar-refractivity contribution is 6.30. The smallest absolute Gasteiger partial charge is 0.262 e. The molecule has 116 valence electrons. The van der Waals surface area contributed by atoms with Crippen LogP contribution in [-0.2, 0) is 4.79 Å². The van der Waals surface area contributed by atoms with Gasteiger partial charge in [-0.1, -0.05) is 11.6 Å². The molecule has 0 bridgehead atoms. The summed E-state index contributed by atoms with van der Waals surface area (Å²) in [6.45, 7) is 2.23. The van der Waals surface area contributed by atoms with Crippen molar-refractivity contribution in [3.05, 3.63) is 53.3 Å². The number of hydrogen-bond acceptors (Lipinski definition) is 3. The molecular formula is C16H15ClFNO3. The van der Waals surface area contributed by atoms with E-state index < -0.39 is 11.7 Å². The van der Waals surface area contributed by atoms with E-state index in [1.54, 1.807) is 24.3 Å². The summed E-state index contributed by atoms with van der Waals surface area (Å²) in [5.74, 6) is 0.208. The van der Waals surface area contributed by atoms with Crippen molar-refractivity contribution in [3.63, 3.8) is 0 Å². The zero-order chi connectivity index (χ0) is 15.9. The minimum Gasteiger partial charge on any atom is -0.494 e. The SMILES string of the molecule is CCOc1ccc(OCC(=O)Nc2cc(Cl)ccc2F)cc1. The summed E-state index contributed by atoms with van der Waals surface area (Å²) in [5.41, 5.74) is 0.0211. The number of anilines is 1. The number of rotatable bonds is 6. The average molecular weight is 324 g/mol. The monoisotopic (exact) mass is 323 g/mol. The third-order valence-electron chi connectivity index (χ3n) is 2.71. The Morgan fingerprint density at radius 1 is 1.14 bits per heavy atom. The van der Waals surface area contributed by atoms with Crippen molar-refractivity contribution in [2.75, 3.05) is 18.5 Å². The molecule has 0 fully saturated rings. The van der Waals surface area contributed by atoms with Crippen LogP contribution in [0.25, 0.3) is 0 Å². The maximum atomic E-state index is 13.5. The second-order valence-electron chi connectivity index (χ2n) is 4.37. The molecule has 1 N–H and O–H groups in total. The Bertz CT molecular complexity index is 646. The largest absolute Gasteiger partial charge is 0.494 e. The lowest BCUT2D eigenvalue weighted by Crippen LogP contribution is -2.20. The Morgan fingerprint density at radius 2 is 1.77 bits per heavy atom. The molecule has 0 spiro atoms. The molecule has 0 saturated heterocycles. The molecule has 0 saturated carbocycles. The summed E-state index contributed by atoms with van der Waals surface area (Å²) in [4.78, 5) is 11.7. The normalized spacial score (nSPS) is 10.1. The third-order valence-corrected chi connectivity index (χ3v) is 2.94. The van der Waals surface area contributed by atoms with Crippen LogP contribution >= 0.6 is 11.6 Å². The highest BCUT2D eigenvalue weighted by Crippen LogP contribution is 2.20. The molecular weight excluding hydrogens is 309 g/mol. The number of benzene rings is 2. The quantitative estimate of drug-likeness (QED) is 0.877. The first-order valence-electron chi connectivity index (χ1n) is 6.69. The van der Waals surface area contributed by atoms with Crippen molar-refractivity contribution >= 4 is 23.2 Å². The van der Waals surface area contributed by atoms with Gasteiger partial charge in [0.15, 0.2) is 6.61 Å². The number of nitrogens with one attached hydrogen (secondary N) is 1. The Kier molecular flexibility index (Phi) is 5.61. The lowest BCUT2D eigenvalue weighted by molar-refractivity contribution is -0.118. The molecule has 22 heavy (non-hydrogen) atoms. The van der Waals surface area contributed by atoms with Crippen LogP contribution in [0.1, 0.15) is 6.92 Å². The fourth-order valence-corrected chi connectivity index (χ4v) is 1.90. The van der Waals surface area contributed by atoms with Gasteiger partial charge in [0.1, 0.15) is 17.3 Å². The molecule has 0 aliphatic carbocycles. The van der Waals surface area contributed by atoms with Gasteiger partial charge in [-0.15, -0.1) is 0 Å². The molecule has 0 aliphatic rings. The van der Waals surface area contributed by atoms with Crippen LogP contribution in [0.2, 0.25) is 5.02 Å². The van der Waals surface area contributed by atoms with E-state index in [4.69, 9.17) is 21.1 Å². The first-order chi connectivity index (χ1) is 10.6. The zero-order valence-electron chi connectivity index (χ0n) is 11.9. The maximum Gasteiger partial charge on any atom is 0.262 e. The molecule has 2 aromatic carbocycles. The van der Waals surface area contributed by atoms with E-state index in [0.717, 1.165) is 5.75 Å². The fourth-order valence-electron chi connectivity index (χ4n) is 1.73. The maximum absolute atomic E-state index is 13.5. The van der Waals surface area contributed by atoms with Crippen LogP contribution in [0, 0.1) is 5.82 Å². The van der Waals surface area contributed by atoms with Gasteiger partial charge in [0, 0.05) is 5.02 Å². The standard InChI is InChI=1S/C16H15ClFNO3/c1-2-21-12-4-6-13(7-5-12)22-10-16(20)19-15-9-11(17)3-8-14(15)18/h3-9H,2,10H2,1H3,(H,19,20). The molecule has 0 aromatic heterocycles. The first-order valence-corrected chi connectivity index (χ1v) is 7.07. The number of hydrogen-bond donors (Lipinski definition) is 1. The average Bonchev–Trinajstić information content (AvgIpc) is 2.51. The number of carbonyl (C=O) groups excluding carboxylic acids is 1. The summed E-state index contributed by atoms with van der Waals surface area (Å²) in [5, 5.41) is 2.74. The number of halogens is 2. The lowest BCUT2D eigenvalue weighted by Gasteiger charge is -2.09. The second-order valence-corrected chi connectivity index (χ2v) is 4.80. The highest BCUT2D eigenvalue weighted by Gasteiger charge is 2.08. The van der Waals surface area contributed by atoms with E-state index in [2.05, 4.69) is 5.32 Å². The van der Waals surface area contributed by atoms with Gasteiger partial charge in [-0.25, -0.2) is 4.39 Å².